The number of nitrogens with zero attached hydrogens (tertiary/aromatic N) is 3. The first-order chi connectivity index (χ1) is 12.6. The van der Waals surface area contributed by atoms with Crippen LogP contribution in [0.5, 0.6) is 0 Å². The summed E-state index contributed by atoms with van der Waals surface area (Å²) < 4.78 is 3.14. The number of imidazole rings is 1. The minimum atomic E-state index is -1.25. The Morgan fingerprint density at radius 1 is 0.963 bits per heavy atom. The van der Waals surface area contributed by atoms with Gasteiger partial charge in [0.25, 0.3) is 0 Å². The van der Waals surface area contributed by atoms with Gasteiger partial charge in [0.05, 0.1) is 23.7 Å². The van der Waals surface area contributed by atoms with E-state index in [9.17, 15) is 14.7 Å². The zero-order valence-corrected chi connectivity index (χ0v) is 14.7. The van der Waals surface area contributed by atoms with Crippen LogP contribution < -0.4 is 29.7 Å². The van der Waals surface area contributed by atoms with Crippen LogP contribution in [0.25, 0.3) is 16.9 Å². The number of rotatable bonds is 4. The molecule has 0 saturated heterocycles. The predicted octanol–water partition coefficient (Wildman–Crippen LogP) is -1.40. The van der Waals surface area contributed by atoms with Gasteiger partial charge in [0.15, 0.2) is 5.65 Å². The summed E-state index contributed by atoms with van der Waals surface area (Å²) in [6, 6.07) is 19.3. The van der Waals surface area contributed by atoms with Crippen LogP contribution in [-0.2, 0) is 6.54 Å². The average Bonchev–Trinajstić information content (AvgIpc) is 2.95. The summed E-state index contributed by atoms with van der Waals surface area (Å²) in [5.41, 5.74) is 2.63. The maximum atomic E-state index is 13.1. The van der Waals surface area contributed by atoms with Crippen LogP contribution in [0.1, 0.15) is 15.9 Å². The summed E-state index contributed by atoms with van der Waals surface area (Å²) in [4.78, 5) is 28.4. The predicted molar refractivity (Wildman–Crippen MR) is 95.2 cm³/mol. The van der Waals surface area contributed by atoms with E-state index >= 15 is 0 Å². The molecule has 4 rings (SSSR count). The molecular weight excluding hydrogens is 337 g/mol. The van der Waals surface area contributed by atoms with Gasteiger partial charge in [-0.3, -0.25) is 9.13 Å². The molecule has 7 heteroatoms. The Balaban J connectivity index is 0.00000210. The number of hydrogen-bond donors (Lipinski definition) is 0. The Morgan fingerprint density at radius 3 is 2.33 bits per heavy atom. The average molecular weight is 351 g/mol. The zero-order chi connectivity index (χ0) is 18.1. The Bertz CT molecular complexity index is 1150. The molecule has 128 valence electrons. The number of carbonyl (C=O) groups is 1. The van der Waals surface area contributed by atoms with E-state index < -0.39 is 5.97 Å². The molecule has 0 aliphatic heterocycles. The molecule has 0 aliphatic rings. The number of fused-ring (bicyclic) bond motifs is 1. The fraction of sp³-hybridized carbons (Fsp3) is 0.0500. The molecule has 0 radical (unpaired) electrons. The van der Waals surface area contributed by atoms with Crippen molar-refractivity contribution in [3.8, 4) is 5.69 Å². The largest absolute Gasteiger partial charge is 1.00 e. The van der Waals surface area contributed by atoms with Crippen molar-refractivity contribution in [3.63, 3.8) is 0 Å². The van der Waals surface area contributed by atoms with E-state index in [0.29, 0.717) is 23.4 Å². The molecule has 0 N–H and O–H groups in total. The Hall–Kier alpha value is -3.07. The molecule has 0 unspecified atom stereocenters. The van der Waals surface area contributed by atoms with E-state index in [0.717, 1.165) is 5.56 Å². The van der Waals surface area contributed by atoms with Crippen molar-refractivity contribution in [2.75, 3.05) is 0 Å². The summed E-state index contributed by atoms with van der Waals surface area (Å²) in [5.74, 6) is -1.25. The number of carbonyl (C=O) groups excluding carboxylic acids is 1. The molecule has 0 aliphatic carbocycles. The Kier molecular flexibility index (Phi) is 5.31. The van der Waals surface area contributed by atoms with Gasteiger partial charge < -0.3 is 9.90 Å². The first-order valence-corrected chi connectivity index (χ1v) is 8.07. The van der Waals surface area contributed by atoms with Gasteiger partial charge in [-0.2, -0.15) is 0 Å². The monoisotopic (exact) mass is 351 g/mol. The molecule has 2 aromatic carbocycles. The van der Waals surface area contributed by atoms with Crippen LogP contribution in [0, 0.1) is 0 Å². The topological polar surface area (TPSA) is 80.0 Å². The molecular formula is C20H14LiN3O3. The van der Waals surface area contributed by atoms with Gasteiger partial charge in [0.1, 0.15) is 0 Å². The van der Waals surface area contributed by atoms with Crippen LogP contribution in [-0.4, -0.2) is 20.1 Å². The molecule has 2 aromatic heterocycles. The van der Waals surface area contributed by atoms with Gasteiger partial charge in [-0.1, -0.05) is 42.5 Å². The number of benzene rings is 2. The van der Waals surface area contributed by atoms with Gasteiger partial charge in [0, 0.05) is 6.20 Å². The van der Waals surface area contributed by atoms with Gasteiger partial charge in [-0.25, -0.2) is 9.78 Å². The fourth-order valence-electron chi connectivity index (χ4n) is 2.99. The van der Waals surface area contributed by atoms with Crippen molar-refractivity contribution in [1.29, 1.82) is 0 Å². The SMILES string of the molecule is O=C([O-])c1ccc(-n2c(=O)n(Cc3ccccc3)c3ncccc32)cc1.[Li+]. The van der Waals surface area contributed by atoms with E-state index in [1.807, 2.05) is 36.4 Å². The molecule has 0 atom stereocenters. The molecule has 27 heavy (non-hydrogen) atoms. The van der Waals surface area contributed by atoms with Gasteiger partial charge in [0.2, 0.25) is 0 Å². The third-order valence-electron chi connectivity index (χ3n) is 4.23. The van der Waals surface area contributed by atoms with Crippen LogP contribution >= 0.6 is 0 Å². The van der Waals surface area contributed by atoms with Crippen molar-refractivity contribution in [1.82, 2.24) is 14.1 Å². The summed E-state index contributed by atoms with van der Waals surface area (Å²) in [6.45, 7) is 0.400. The number of carboxylic acids is 1. The Morgan fingerprint density at radius 2 is 1.67 bits per heavy atom. The molecule has 4 aromatic rings. The Labute approximate surface area is 166 Å². The van der Waals surface area contributed by atoms with Crippen LogP contribution in [0.4, 0.5) is 0 Å². The number of aromatic carboxylic acids is 1. The molecule has 0 fully saturated rings. The number of aromatic nitrogens is 3. The van der Waals surface area contributed by atoms with E-state index in [-0.39, 0.29) is 30.1 Å². The first-order valence-electron chi connectivity index (χ1n) is 8.07. The number of pyridine rings is 1. The van der Waals surface area contributed by atoms with Crippen LogP contribution in [0.15, 0.2) is 77.7 Å². The second-order valence-corrected chi connectivity index (χ2v) is 5.87. The molecule has 6 nitrogen and oxygen atoms in total. The first kappa shape index (κ1) is 18.7. The minimum Gasteiger partial charge on any atom is -0.545 e. The van der Waals surface area contributed by atoms with Crippen LogP contribution in [0.3, 0.4) is 0 Å². The van der Waals surface area contributed by atoms with E-state index in [2.05, 4.69) is 4.98 Å². The fourth-order valence-corrected chi connectivity index (χ4v) is 2.99. The normalized spacial score (nSPS) is 10.5. The number of carboxylic acid groups (broad SMARTS) is 1. The maximum absolute atomic E-state index is 13.1. The summed E-state index contributed by atoms with van der Waals surface area (Å²) in [5, 5.41) is 10.9. The second-order valence-electron chi connectivity index (χ2n) is 5.87. The summed E-state index contributed by atoms with van der Waals surface area (Å²) in [6.07, 6.45) is 1.65. The van der Waals surface area contributed by atoms with Gasteiger partial charge >= 0.3 is 24.6 Å². The van der Waals surface area contributed by atoms with E-state index in [1.165, 1.54) is 16.7 Å². The second kappa shape index (κ2) is 7.66. The molecule has 0 spiro atoms. The zero-order valence-electron chi connectivity index (χ0n) is 14.7. The van der Waals surface area contributed by atoms with Gasteiger partial charge in [-0.05, 0) is 35.4 Å². The van der Waals surface area contributed by atoms with Crippen molar-refractivity contribution >= 4 is 17.1 Å². The number of hydrogen-bond acceptors (Lipinski definition) is 4. The molecule has 2 heterocycles. The standard InChI is InChI=1S/C20H15N3O3.Li/c24-19(25)15-8-10-16(11-9-15)23-17-7-4-12-21-18(17)22(20(23)26)13-14-5-2-1-3-6-14;/h1-12H,13H2,(H,24,25);/q;+1/p-1. The van der Waals surface area contributed by atoms with Crippen molar-refractivity contribution in [2.45, 2.75) is 6.54 Å². The van der Waals surface area contributed by atoms with Crippen molar-refractivity contribution < 1.29 is 28.8 Å². The summed E-state index contributed by atoms with van der Waals surface area (Å²) in [7, 11) is 0. The minimum absolute atomic E-state index is 0. The molecule has 0 bridgehead atoms. The van der Waals surface area contributed by atoms with Crippen LogP contribution in [0.2, 0.25) is 0 Å². The summed E-state index contributed by atoms with van der Waals surface area (Å²) >= 11 is 0. The maximum Gasteiger partial charge on any atom is 1.00 e. The third-order valence-corrected chi connectivity index (χ3v) is 4.23. The molecule has 0 amide bonds. The van der Waals surface area contributed by atoms with Crippen molar-refractivity contribution in [3.05, 3.63) is 94.5 Å². The van der Waals surface area contributed by atoms with E-state index in [1.54, 1.807) is 29.0 Å². The third kappa shape index (κ3) is 3.45. The smallest absolute Gasteiger partial charge is 0.545 e. The van der Waals surface area contributed by atoms with Crippen molar-refractivity contribution in [2.24, 2.45) is 0 Å². The van der Waals surface area contributed by atoms with E-state index in [4.69, 9.17) is 0 Å². The quantitative estimate of drug-likeness (QED) is 0.424. The molecule has 0 saturated carbocycles. The van der Waals surface area contributed by atoms with Gasteiger partial charge in [-0.15, -0.1) is 0 Å².